The van der Waals surface area contributed by atoms with Gasteiger partial charge in [-0.2, -0.15) is 0 Å². The van der Waals surface area contributed by atoms with E-state index in [2.05, 4.69) is 10.3 Å². The molecule has 0 aliphatic carbocycles. The maximum Gasteiger partial charge on any atom is 0.306 e. The van der Waals surface area contributed by atoms with E-state index in [-0.39, 0.29) is 11.8 Å². The van der Waals surface area contributed by atoms with Gasteiger partial charge in [0.2, 0.25) is 5.91 Å². The summed E-state index contributed by atoms with van der Waals surface area (Å²) in [6.45, 7) is 2.86. The zero-order chi connectivity index (χ0) is 14.4. The number of likely N-dealkylation sites (tertiary alicyclic amines) is 1. The van der Waals surface area contributed by atoms with Gasteiger partial charge in [-0.05, 0) is 25.7 Å². The first-order chi connectivity index (χ1) is 9.66. The predicted octanol–water partition coefficient (Wildman–Crippen LogP) is 0.872. The summed E-state index contributed by atoms with van der Waals surface area (Å²) in [5.41, 5.74) is 0. The van der Waals surface area contributed by atoms with Gasteiger partial charge in [0.25, 0.3) is 0 Å². The van der Waals surface area contributed by atoms with E-state index in [1.807, 2.05) is 0 Å². The first-order valence-corrected chi connectivity index (χ1v) is 7.44. The molecule has 1 saturated heterocycles. The number of piperidine rings is 1. The third-order valence-electron chi connectivity index (χ3n) is 3.97. The fourth-order valence-electron chi connectivity index (χ4n) is 2.69. The number of carbonyl (C=O) groups excluding carboxylic acids is 1. The highest BCUT2D eigenvalue weighted by Gasteiger charge is 2.26. The van der Waals surface area contributed by atoms with Gasteiger partial charge in [0.05, 0.1) is 11.8 Å². The lowest BCUT2D eigenvalue weighted by molar-refractivity contribution is -0.145. The molecule has 2 aliphatic heterocycles. The lowest BCUT2D eigenvalue weighted by atomic mass is 9.97. The van der Waals surface area contributed by atoms with Crippen LogP contribution in [0.2, 0.25) is 0 Å². The van der Waals surface area contributed by atoms with Crippen molar-refractivity contribution in [3.63, 3.8) is 0 Å². The molecule has 2 aliphatic rings. The van der Waals surface area contributed by atoms with Crippen molar-refractivity contribution in [3.8, 4) is 0 Å². The van der Waals surface area contributed by atoms with Crippen LogP contribution < -0.4 is 5.32 Å². The minimum absolute atomic E-state index is 0.143. The van der Waals surface area contributed by atoms with Crippen LogP contribution in [0.5, 0.6) is 0 Å². The largest absolute Gasteiger partial charge is 0.481 e. The summed E-state index contributed by atoms with van der Waals surface area (Å²) in [5.74, 6) is 0.198. The number of carboxylic acids is 1. The molecule has 112 valence electrons. The van der Waals surface area contributed by atoms with Gasteiger partial charge in [0, 0.05) is 39.0 Å². The van der Waals surface area contributed by atoms with Gasteiger partial charge in [0.15, 0.2) is 0 Å². The van der Waals surface area contributed by atoms with Crippen LogP contribution in [0, 0.1) is 5.92 Å². The Labute approximate surface area is 119 Å². The van der Waals surface area contributed by atoms with Crippen LogP contribution in [0.4, 0.5) is 0 Å². The van der Waals surface area contributed by atoms with E-state index in [1.54, 1.807) is 4.90 Å². The molecule has 2 rings (SSSR count). The van der Waals surface area contributed by atoms with Crippen LogP contribution in [-0.2, 0) is 9.59 Å². The summed E-state index contributed by atoms with van der Waals surface area (Å²) in [7, 11) is 0. The average molecular weight is 281 g/mol. The number of carboxylic acid groups (broad SMARTS) is 1. The second-order valence-electron chi connectivity index (χ2n) is 5.46. The number of nitrogens with one attached hydrogen (secondary N) is 1. The van der Waals surface area contributed by atoms with E-state index in [1.165, 1.54) is 0 Å². The molecule has 0 spiro atoms. The quantitative estimate of drug-likeness (QED) is 0.733. The van der Waals surface area contributed by atoms with Crippen molar-refractivity contribution >= 4 is 17.7 Å². The minimum Gasteiger partial charge on any atom is -0.481 e. The van der Waals surface area contributed by atoms with Gasteiger partial charge in [-0.1, -0.05) is 0 Å². The molecule has 0 saturated carbocycles. The highest BCUT2D eigenvalue weighted by Crippen LogP contribution is 2.18. The van der Waals surface area contributed by atoms with Crippen molar-refractivity contribution in [2.45, 2.75) is 38.5 Å². The number of aliphatic carboxylic acids is 1. The molecule has 2 heterocycles. The maximum atomic E-state index is 12.0. The van der Waals surface area contributed by atoms with Gasteiger partial charge in [-0.25, -0.2) is 0 Å². The Kier molecular flexibility index (Phi) is 5.38. The molecule has 0 aromatic carbocycles. The molecule has 0 aromatic rings. The summed E-state index contributed by atoms with van der Waals surface area (Å²) in [4.78, 5) is 29.0. The zero-order valence-corrected chi connectivity index (χ0v) is 11.8. The second-order valence-corrected chi connectivity index (χ2v) is 5.46. The number of rotatable bonds is 5. The Morgan fingerprint density at radius 3 is 2.70 bits per heavy atom. The summed E-state index contributed by atoms with van der Waals surface area (Å²) in [6, 6.07) is 0. The van der Waals surface area contributed by atoms with E-state index in [0.717, 1.165) is 38.2 Å². The molecule has 0 radical (unpaired) electrons. The zero-order valence-electron chi connectivity index (χ0n) is 11.8. The van der Waals surface area contributed by atoms with Crippen LogP contribution in [0.15, 0.2) is 4.99 Å². The van der Waals surface area contributed by atoms with Gasteiger partial charge >= 0.3 is 5.97 Å². The Morgan fingerprint density at radius 1 is 1.35 bits per heavy atom. The van der Waals surface area contributed by atoms with Crippen LogP contribution in [0.1, 0.15) is 38.5 Å². The highest BCUT2D eigenvalue weighted by molar-refractivity contribution is 5.83. The van der Waals surface area contributed by atoms with Crippen molar-refractivity contribution in [1.29, 1.82) is 0 Å². The first-order valence-electron chi connectivity index (χ1n) is 7.44. The third-order valence-corrected chi connectivity index (χ3v) is 3.97. The predicted molar refractivity (Wildman–Crippen MR) is 75.7 cm³/mol. The standard InChI is InChI=1S/C14H23N3O3/c18-13(4-2-8-16-12-3-1-7-15-12)17-9-5-11(6-10-17)14(19)20/h11H,1-10H2,(H,15,16)(H,19,20). The molecule has 0 aromatic heterocycles. The summed E-state index contributed by atoms with van der Waals surface area (Å²) >= 11 is 0. The van der Waals surface area contributed by atoms with E-state index < -0.39 is 5.97 Å². The second kappa shape index (κ2) is 7.26. The number of nitrogens with zero attached hydrogens (tertiary/aromatic N) is 2. The molecule has 6 nitrogen and oxygen atoms in total. The van der Waals surface area contributed by atoms with Crippen LogP contribution in [0.3, 0.4) is 0 Å². The molecular formula is C14H23N3O3. The van der Waals surface area contributed by atoms with Gasteiger partial charge in [0.1, 0.15) is 0 Å². The number of carbonyl (C=O) groups is 2. The molecule has 1 fully saturated rings. The van der Waals surface area contributed by atoms with Crippen LogP contribution in [0.25, 0.3) is 0 Å². The SMILES string of the molecule is O=C(O)C1CCN(C(=O)CCCNC2=NCCC2)CC1. The smallest absolute Gasteiger partial charge is 0.306 e. The van der Waals surface area contributed by atoms with Crippen molar-refractivity contribution in [2.24, 2.45) is 10.9 Å². The van der Waals surface area contributed by atoms with E-state index in [9.17, 15) is 9.59 Å². The van der Waals surface area contributed by atoms with E-state index in [0.29, 0.717) is 32.4 Å². The van der Waals surface area contributed by atoms with Crippen LogP contribution in [-0.4, -0.2) is 53.9 Å². The summed E-state index contributed by atoms with van der Waals surface area (Å²) in [6.07, 6.45) is 4.64. The first kappa shape index (κ1) is 14.8. The molecule has 20 heavy (non-hydrogen) atoms. The van der Waals surface area contributed by atoms with Gasteiger partial charge in [-0.15, -0.1) is 0 Å². The molecule has 0 bridgehead atoms. The minimum atomic E-state index is -0.737. The molecule has 2 N–H and O–H groups in total. The molecule has 1 amide bonds. The molecule has 0 unspecified atom stereocenters. The topological polar surface area (TPSA) is 82.0 Å². The summed E-state index contributed by atoms with van der Waals surface area (Å²) < 4.78 is 0. The fraction of sp³-hybridized carbons (Fsp3) is 0.786. The van der Waals surface area contributed by atoms with Crippen molar-refractivity contribution in [2.75, 3.05) is 26.2 Å². The average Bonchev–Trinajstić information content (AvgIpc) is 2.96. The fourth-order valence-corrected chi connectivity index (χ4v) is 2.69. The van der Waals surface area contributed by atoms with Crippen molar-refractivity contribution in [1.82, 2.24) is 10.2 Å². The Hall–Kier alpha value is -1.59. The number of amides is 1. The number of hydrogen-bond donors (Lipinski definition) is 2. The third kappa shape index (κ3) is 4.21. The lowest BCUT2D eigenvalue weighted by Gasteiger charge is -2.30. The lowest BCUT2D eigenvalue weighted by Crippen LogP contribution is -2.40. The maximum absolute atomic E-state index is 12.0. The Morgan fingerprint density at radius 2 is 2.10 bits per heavy atom. The molecular weight excluding hydrogens is 258 g/mol. The highest BCUT2D eigenvalue weighted by atomic mass is 16.4. The Balaban J connectivity index is 1.59. The molecule has 6 heteroatoms. The van der Waals surface area contributed by atoms with Crippen LogP contribution >= 0.6 is 0 Å². The summed E-state index contributed by atoms with van der Waals surface area (Å²) in [5, 5.41) is 12.2. The monoisotopic (exact) mass is 281 g/mol. The van der Waals surface area contributed by atoms with E-state index in [4.69, 9.17) is 5.11 Å². The van der Waals surface area contributed by atoms with Gasteiger partial charge < -0.3 is 15.3 Å². The normalized spacial score (nSPS) is 19.8. The van der Waals surface area contributed by atoms with E-state index >= 15 is 0 Å². The number of hydrogen-bond acceptors (Lipinski definition) is 4. The number of aliphatic imine (C=N–C) groups is 1. The Bertz CT molecular complexity index is 387. The molecule has 0 atom stereocenters. The number of amidine groups is 1. The van der Waals surface area contributed by atoms with Crippen molar-refractivity contribution < 1.29 is 14.7 Å². The van der Waals surface area contributed by atoms with Gasteiger partial charge in [-0.3, -0.25) is 14.6 Å². The van der Waals surface area contributed by atoms with Crippen molar-refractivity contribution in [3.05, 3.63) is 0 Å².